The van der Waals surface area contributed by atoms with Crippen LogP contribution >= 0.6 is 11.3 Å². The van der Waals surface area contributed by atoms with E-state index < -0.39 is 23.3 Å². The Bertz CT molecular complexity index is 1540. The molecule has 3 aromatic heterocycles. The molecule has 9 heteroatoms. The standard InChI is InChI=1S/C22H16N4O4S/c1-13(26-16-9-5-6-10-17(16)30-22(26)29)19(27)24-25-12-23-20-18(21(25)28)15(11-31-20)14-7-3-2-4-8-14/h2-13H,1H3,(H,24,27)/t13-/m0/s1. The highest BCUT2D eigenvalue weighted by Crippen LogP contribution is 2.30. The minimum atomic E-state index is -0.908. The van der Waals surface area contributed by atoms with Crippen LogP contribution in [0.5, 0.6) is 0 Å². The summed E-state index contributed by atoms with van der Waals surface area (Å²) in [4.78, 5) is 43.2. The first-order valence-electron chi connectivity index (χ1n) is 9.50. The fourth-order valence-corrected chi connectivity index (χ4v) is 4.43. The molecule has 1 N–H and O–H groups in total. The molecule has 0 fully saturated rings. The van der Waals surface area contributed by atoms with Crippen molar-refractivity contribution in [2.24, 2.45) is 0 Å². The molecule has 0 radical (unpaired) electrons. The number of rotatable bonds is 4. The highest BCUT2D eigenvalue weighted by atomic mass is 32.1. The molecule has 5 aromatic rings. The normalized spacial score (nSPS) is 12.3. The van der Waals surface area contributed by atoms with E-state index in [4.69, 9.17) is 4.42 Å². The molecule has 0 aliphatic rings. The number of amides is 1. The van der Waals surface area contributed by atoms with Gasteiger partial charge in [-0.3, -0.25) is 19.6 Å². The van der Waals surface area contributed by atoms with E-state index in [0.717, 1.165) is 15.8 Å². The Kier molecular flexibility index (Phi) is 4.52. The van der Waals surface area contributed by atoms with Crippen LogP contribution in [-0.4, -0.2) is 20.1 Å². The van der Waals surface area contributed by atoms with Crippen molar-refractivity contribution in [1.29, 1.82) is 0 Å². The molecule has 1 amide bonds. The van der Waals surface area contributed by atoms with Crippen molar-refractivity contribution in [3.8, 4) is 11.1 Å². The number of para-hydroxylation sites is 2. The van der Waals surface area contributed by atoms with Crippen LogP contribution in [0.3, 0.4) is 0 Å². The van der Waals surface area contributed by atoms with Gasteiger partial charge in [-0.05, 0) is 24.6 Å². The van der Waals surface area contributed by atoms with Gasteiger partial charge in [0.25, 0.3) is 11.5 Å². The van der Waals surface area contributed by atoms with Crippen LogP contribution in [0, 0.1) is 0 Å². The molecule has 3 heterocycles. The summed E-state index contributed by atoms with van der Waals surface area (Å²) in [5, 5.41) is 2.30. The van der Waals surface area contributed by atoms with Crippen LogP contribution in [-0.2, 0) is 4.79 Å². The maximum atomic E-state index is 13.1. The van der Waals surface area contributed by atoms with Crippen LogP contribution in [0.1, 0.15) is 13.0 Å². The number of thiophene rings is 1. The van der Waals surface area contributed by atoms with Gasteiger partial charge in [-0.25, -0.2) is 14.5 Å². The summed E-state index contributed by atoms with van der Waals surface area (Å²) in [6, 6.07) is 15.4. The van der Waals surface area contributed by atoms with Gasteiger partial charge < -0.3 is 4.42 Å². The lowest BCUT2D eigenvalue weighted by molar-refractivity contribution is -0.119. The molecule has 31 heavy (non-hydrogen) atoms. The van der Waals surface area contributed by atoms with Gasteiger partial charge in [0.1, 0.15) is 17.2 Å². The fraction of sp³-hybridized carbons (Fsp3) is 0.0909. The molecule has 0 aliphatic heterocycles. The van der Waals surface area contributed by atoms with Crippen molar-refractivity contribution in [3.05, 3.63) is 87.2 Å². The second kappa shape index (κ2) is 7.37. The van der Waals surface area contributed by atoms with E-state index in [9.17, 15) is 14.4 Å². The van der Waals surface area contributed by atoms with Gasteiger partial charge in [0, 0.05) is 10.9 Å². The van der Waals surface area contributed by atoms with Crippen LogP contribution in [0.4, 0.5) is 0 Å². The third-order valence-corrected chi connectivity index (χ3v) is 5.98. The van der Waals surface area contributed by atoms with E-state index in [2.05, 4.69) is 10.4 Å². The van der Waals surface area contributed by atoms with Gasteiger partial charge in [0.15, 0.2) is 5.58 Å². The first kappa shape index (κ1) is 19.0. The van der Waals surface area contributed by atoms with Crippen molar-refractivity contribution in [2.45, 2.75) is 13.0 Å². The summed E-state index contributed by atoms with van der Waals surface area (Å²) in [5.74, 6) is -1.19. The van der Waals surface area contributed by atoms with Gasteiger partial charge in [-0.15, -0.1) is 11.3 Å². The van der Waals surface area contributed by atoms with Gasteiger partial charge in [0.2, 0.25) is 0 Å². The Morgan fingerprint density at radius 1 is 1.10 bits per heavy atom. The third-order valence-electron chi connectivity index (χ3n) is 5.10. The van der Waals surface area contributed by atoms with Gasteiger partial charge in [-0.2, -0.15) is 0 Å². The number of nitrogens with zero attached hydrogens (tertiary/aromatic N) is 3. The molecule has 0 spiro atoms. The molecule has 1 atom stereocenters. The zero-order chi connectivity index (χ0) is 21.5. The second-order valence-electron chi connectivity index (χ2n) is 6.97. The lowest BCUT2D eigenvalue weighted by Gasteiger charge is -2.14. The van der Waals surface area contributed by atoms with Gasteiger partial charge in [0.05, 0.1) is 10.9 Å². The van der Waals surface area contributed by atoms with E-state index in [1.807, 2.05) is 35.7 Å². The highest BCUT2D eigenvalue weighted by molar-refractivity contribution is 7.17. The van der Waals surface area contributed by atoms with Crippen molar-refractivity contribution >= 4 is 38.6 Å². The monoisotopic (exact) mass is 432 g/mol. The molecule has 8 nitrogen and oxygen atoms in total. The van der Waals surface area contributed by atoms with Crippen LogP contribution in [0.15, 0.2) is 80.3 Å². The van der Waals surface area contributed by atoms with Crippen molar-refractivity contribution in [1.82, 2.24) is 14.2 Å². The summed E-state index contributed by atoms with van der Waals surface area (Å²) >= 11 is 1.36. The van der Waals surface area contributed by atoms with E-state index in [-0.39, 0.29) is 0 Å². The number of hydrogen-bond donors (Lipinski definition) is 1. The minimum absolute atomic E-state index is 0.387. The van der Waals surface area contributed by atoms with Crippen LogP contribution < -0.4 is 16.7 Å². The quantitative estimate of drug-likeness (QED) is 0.469. The number of nitrogens with one attached hydrogen (secondary N) is 1. The van der Waals surface area contributed by atoms with Crippen LogP contribution in [0.25, 0.3) is 32.4 Å². The Labute approximate surface area is 179 Å². The molecule has 2 aromatic carbocycles. The van der Waals surface area contributed by atoms with Gasteiger partial charge >= 0.3 is 5.76 Å². The average molecular weight is 432 g/mol. The molecular formula is C22H16N4O4S. The second-order valence-corrected chi connectivity index (χ2v) is 7.83. The summed E-state index contributed by atoms with van der Waals surface area (Å²) in [5.41, 5.74) is 4.70. The number of carbonyl (C=O) groups is 1. The smallest absolute Gasteiger partial charge is 0.408 e. The Morgan fingerprint density at radius 2 is 1.84 bits per heavy atom. The number of fused-ring (bicyclic) bond motifs is 2. The Morgan fingerprint density at radius 3 is 2.65 bits per heavy atom. The van der Waals surface area contributed by atoms with E-state index in [0.29, 0.717) is 21.3 Å². The molecule has 0 saturated heterocycles. The lowest BCUT2D eigenvalue weighted by atomic mass is 10.1. The van der Waals surface area contributed by atoms with Crippen LogP contribution in [0.2, 0.25) is 0 Å². The molecule has 5 rings (SSSR count). The first-order chi connectivity index (χ1) is 15.0. The van der Waals surface area contributed by atoms with Gasteiger partial charge in [-0.1, -0.05) is 42.5 Å². The average Bonchev–Trinajstić information content (AvgIpc) is 3.36. The number of benzene rings is 2. The molecule has 0 aliphatic carbocycles. The third kappa shape index (κ3) is 3.15. The summed E-state index contributed by atoms with van der Waals surface area (Å²) in [6.07, 6.45) is 1.27. The number of aromatic nitrogens is 3. The largest absolute Gasteiger partial charge is 0.420 e. The highest BCUT2D eigenvalue weighted by Gasteiger charge is 2.22. The van der Waals surface area contributed by atoms with Crippen molar-refractivity contribution in [3.63, 3.8) is 0 Å². The Balaban J connectivity index is 1.52. The van der Waals surface area contributed by atoms with E-state index in [1.54, 1.807) is 31.2 Å². The number of oxazole rings is 1. The molecule has 0 saturated carbocycles. The predicted molar refractivity (Wildman–Crippen MR) is 119 cm³/mol. The maximum Gasteiger partial charge on any atom is 0.420 e. The predicted octanol–water partition coefficient (Wildman–Crippen LogP) is 3.36. The first-order valence-corrected chi connectivity index (χ1v) is 10.4. The Hall–Kier alpha value is -3.98. The summed E-state index contributed by atoms with van der Waals surface area (Å²) in [6.45, 7) is 1.57. The zero-order valence-corrected chi connectivity index (χ0v) is 17.1. The maximum absolute atomic E-state index is 13.1. The number of hydrogen-bond acceptors (Lipinski definition) is 6. The molecule has 0 unspecified atom stereocenters. The molecule has 0 bridgehead atoms. The van der Waals surface area contributed by atoms with Crippen molar-refractivity contribution in [2.75, 3.05) is 5.43 Å². The SMILES string of the molecule is C[C@@H](C(=O)Nn1cnc2scc(-c3ccccc3)c2c1=O)n1c(=O)oc2ccccc21. The molecule has 154 valence electrons. The molecular weight excluding hydrogens is 416 g/mol. The topological polar surface area (TPSA) is 99.1 Å². The van der Waals surface area contributed by atoms with E-state index >= 15 is 0 Å². The van der Waals surface area contributed by atoms with Crippen molar-refractivity contribution < 1.29 is 9.21 Å². The lowest BCUT2D eigenvalue weighted by Crippen LogP contribution is -2.38. The summed E-state index contributed by atoms with van der Waals surface area (Å²) in [7, 11) is 0. The fourth-order valence-electron chi connectivity index (χ4n) is 3.52. The summed E-state index contributed by atoms with van der Waals surface area (Å²) < 4.78 is 7.51. The number of carbonyl (C=O) groups excluding carboxylic acids is 1. The van der Waals surface area contributed by atoms with E-state index in [1.165, 1.54) is 22.2 Å². The minimum Gasteiger partial charge on any atom is -0.408 e. The zero-order valence-electron chi connectivity index (χ0n) is 16.3.